The van der Waals surface area contributed by atoms with E-state index in [1.165, 1.54) is 12.1 Å². The highest BCUT2D eigenvalue weighted by Gasteiger charge is 2.21. The largest absolute Gasteiger partial charge is 0.350 e. The summed E-state index contributed by atoms with van der Waals surface area (Å²) >= 11 is 0. The summed E-state index contributed by atoms with van der Waals surface area (Å²) in [5.74, 6) is 0.737. The molecule has 1 fully saturated rings. The standard InChI is InChI=1S/C16H24N6/c1-12-6-7-17-16(18-12)19-14-5-4-8-22(10-14)11-15-9-13(2)21(3)20-15/h6-7,9,14H,4-5,8,10-11H2,1-3H3,(H,17,18,19). The summed E-state index contributed by atoms with van der Waals surface area (Å²) in [5.41, 5.74) is 3.34. The van der Waals surface area contributed by atoms with Crippen LogP contribution in [0.1, 0.15) is 29.9 Å². The predicted molar refractivity (Wildman–Crippen MR) is 86.6 cm³/mol. The van der Waals surface area contributed by atoms with Crippen LogP contribution in [0.2, 0.25) is 0 Å². The van der Waals surface area contributed by atoms with Crippen molar-refractivity contribution in [2.24, 2.45) is 7.05 Å². The van der Waals surface area contributed by atoms with Crippen molar-refractivity contribution in [3.63, 3.8) is 0 Å². The van der Waals surface area contributed by atoms with E-state index < -0.39 is 0 Å². The molecule has 1 saturated heterocycles. The van der Waals surface area contributed by atoms with Crippen molar-refractivity contribution in [2.75, 3.05) is 18.4 Å². The molecule has 1 N–H and O–H groups in total. The number of rotatable bonds is 4. The molecule has 0 amide bonds. The predicted octanol–water partition coefficient (Wildman–Crippen LogP) is 1.90. The van der Waals surface area contributed by atoms with Crippen molar-refractivity contribution < 1.29 is 0 Å². The van der Waals surface area contributed by atoms with Crippen molar-refractivity contribution in [3.05, 3.63) is 35.4 Å². The molecular formula is C16H24N6. The molecular weight excluding hydrogens is 276 g/mol. The van der Waals surface area contributed by atoms with Gasteiger partial charge in [0.25, 0.3) is 0 Å². The number of nitrogens with zero attached hydrogens (tertiary/aromatic N) is 5. The monoisotopic (exact) mass is 300 g/mol. The van der Waals surface area contributed by atoms with E-state index in [2.05, 4.69) is 38.3 Å². The molecule has 1 atom stereocenters. The molecule has 0 radical (unpaired) electrons. The first kappa shape index (κ1) is 15.0. The fraction of sp³-hybridized carbons (Fsp3) is 0.562. The maximum atomic E-state index is 4.55. The van der Waals surface area contributed by atoms with Gasteiger partial charge in [-0.25, -0.2) is 9.97 Å². The highest BCUT2D eigenvalue weighted by Crippen LogP contribution is 2.16. The van der Waals surface area contributed by atoms with Crippen LogP contribution >= 0.6 is 0 Å². The molecule has 118 valence electrons. The van der Waals surface area contributed by atoms with Crippen LogP contribution in [0.4, 0.5) is 5.95 Å². The Bertz CT molecular complexity index is 616. The van der Waals surface area contributed by atoms with E-state index in [1.54, 1.807) is 0 Å². The molecule has 0 aliphatic carbocycles. The lowest BCUT2D eigenvalue weighted by molar-refractivity contribution is 0.205. The van der Waals surface area contributed by atoms with Gasteiger partial charge in [-0.3, -0.25) is 9.58 Å². The van der Waals surface area contributed by atoms with E-state index in [-0.39, 0.29) is 0 Å². The van der Waals surface area contributed by atoms with Crippen molar-refractivity contribution in [2.45, 2.75) is 39.3 Å². The first-order chi connectivity index (χ1) is 10.6. The Hall–Kier alpha value is -1.95. The lowest BCUT2D eigenvalue weighted by Crippen LogP contribution is -2.42. The summed E-state index contributed by atoms with van der Waals surface area (Å²) in [7, 11) is 1.99. The van der Waals surface area contributed by atoms with E-state index in [4.69, 9.17) is 0 Å². The zero-order valence-corrected chi connectivity index (χ0v) is 13.6. The Balaban J connectivity index is 1.59. The van der Waals surface area contributed by atoms with Gasteiger partial charge >= 0.3 is 0 Å². The molecule has 1 aliphatic heterocycles. The zero-order chi connectivity index (χ0) is 15.5. The maximum Gasteiger partial charge on any atom is 0.223 e. The van der Waals surface area contributed by atoms with Gasteiger partial charge in [-0.05, 0) is 45.4 Å². The van der Waals surface area contributed by atoms with E-state index in [0.717, 1.165) is 43.4 Å². The van der Waals surface area contributed by atoms with E-state index in [0.29, 0.717) is 6.04 Å². The molecule has 3 rings (SSSR count). The molecule has 0 aromatic carbocycles. The molecule has 1 aliphatic rings. The fourth-order valence-electron chi connectivity index (χ4n) is 2.96. The molecule has 1 unspecified atom stereocenters. The third-order valence-corrected chi connectivity index (χ3v) is 4.18. The molecule has 6 heteroatoms. The number of nitrogens with one attached hydrogen (secondary N) is 1. The second kappa shape index (κ2) is 6.44. The Morgan fingerprint density at radius 1 is 1.36 bits per heavy atom. The van der Waals surface area contributed by atoms with E-state index >= 15 is 0 Å². The van der Waals surface area contributed by atoms with Crippen LogP contribution in [0.25, 0.3) is 0 Å². The van der Waals surface area contributed by atoms with Gasteiger partial charge in [0.15, 0.2) is 0 Å². The van der Waals surface area contributed by atoms with Crippen LogP contribution in [0.15, 0.2) is 18.3 Å². The molecule has 0 spiro atoms. The lowest BCUT2D eigenvalue weighted by atomic mass is 10.1. The zero-order valence-electron chi connectivity index (χ0n) is 13.6. The number of hydrogen-bond acceptors (Lipinski definition) is 5. The molecule has 22 heavy (non-hydrogen) atoms. The Labute approximate surface area is 131 Å². The highest BCUT2D eigenvalue weighted by molar-refractivity contribution is 5.26. The van der Waals surface area contributed by atoms with Crippen molar-refractivity contribution in [3.8, 4) is 0 Å². The van der Waals surface area contributed by atoms with Gasteiger partial charge in [-0.15, -0.1) is 0 Å². The van der Waals surface area contributed by atoms with Crippen LogP contribution in [0.3, 0.4) is 0 Å². The lowest BCUT2D eigenvalue weighted by Gasteiger charge is -2.32. The van der Waals surface area contributed by atoms with Gasteiger partial charge in [0, 0.05) is 43.8 Å². The average Bonchev–Trinajstić information content (AvgIpc) is 2.77. The molecule has 0 bridgehead atoms. The number of hydrogen-bond donors (Lipinski definition) is 1. The summed E-state index contributed by atoms with van der Waals surface area (Å²) < 4.78 is 1.94. The topological polar surface area (TPSA) is 58.9 Å². The number of aromatic nitrogens is 4. The number of likely N-dealkylation sites (tertiary alicyclic amines) is 1. The quantitative estimate of drug-likeness (QED) is 0.934. The van der Waals surface area contributed by atoms with E-state index in [9.17, 15) is 0 Å². The van der Waals surface area contributed by atoms with Gasteiger partial charge in [0.2, 0.25) is 5.95 Å². The van der Waals surface area contributed by atoms with Crippen LogP contribution in [-0.2, 0) is 13.6 Å². The second-order valence-corrected chi connectivity index (χ2v) is 6.14. The normalized spacial score (nSPS) is 19.3. The Morgan fingerprint density at radius 2 is 2.23 bits per heavy atom. The molecule has 0 saturated carbocycles. The van der Waals surface area contributed by atoms with Gasteiger partial charge in [0.1, 0.15) is 0 Å². The van der Waals surface area contributed by atoms with E-state index in [1.807, 2.05) is 30.9 Å². The molecule has 2 aromatic heterocycles. The van der Waals surface area contributed by atoms with Gasteiger partial charge in [-0.2, -0.15) is 5.10 Å². The van der Waals surface area contributed by atoms with Crippen LogP contribution < -0.4 is 5.32 Å². The summed E-state index contributed by atoms with van der Waals surface area (Å²) in [6.45, 7) is 7.12. The summed E-state index contributed by atoms with van der Waals surface area (Å²) in [5, 5.41) is 8.02. The number of aryl methyl sites for hydroxylation is 3. The third-order valence-electron chi connectivity index (χ3n) is 4.18. The van der Waals surface area contributed by atoms with Crippen molar-refractivity contribution >= 4 is 5.95 Å². The average molecular weight is 300 g/mol. The van der Waals surface area contributed by atoms with Gasteiger partial charge in [-0.1, -0.05) is 0 Å². The van der Waals surface area contributed by atoms with Gasteiger partial charge < -0.3 is 5.32 Å². The minimum Gasteiger partial charge on any atom is -0.350 e. The number of anilines is 1. The summed E-state index contributed by atoms with van der Waals surface area (Å²) in [6.07, 6.45) is 4.16. The molecule has 3 heterocycles. The highest BCUT2D eigenvalue weighted by atomic mass is 15.3. The molecule has 6 nitrogen and oxygen atoms in total. The minimum atomic E-state index is 0.403. The SMILES string of the molecule is Cc1ccnc(NC2CCCN(Cc3cc(C)n(C)n3)C2)n1. The van der Waals surface area contributed by atoms with Crippen LogP contribution in [0, 0.1) is 13.8 Å². The van der Waals surface area contributed by atoms with Crippen molar-refractivity contribution in [1.29, 1.82) is 0 Å². The minimum absolute atomic E-state index is 0.403. The number of piperidine rings is 1. The Kier molecular flexibility index (Phi) is 4.38. The first-order valence-corrected chi connectivity index (χ1v) is 7.88. The third kappa shape index (κ3) is 3.62. The van der Waals surface area contributed by atoms with Gasteiger partial charge in [0.05, 0.1) is 5.69 Å². The molecule has 2 aromatic rings. The second-order valence-electron chi connectivity index (χ2n) is 6.14. The maximum absolute atomic E-state index is 4.55. The van der Waals surface area contributed by atoms with Crippen molar-refractivity contribution in [1.82, 2.24) is 24.6 Å². The Morgan fingerprint density at radius 3 is 2.95 bits per heavy atom. The van der Waals surface area contributed by atoms with Crippen LogP contribution in [-0.4, -0.2) is 43.8 Å². The smallest absolute Gasteiger partial charge is 0.223 e. The first-order valence-electron chi connectivity index (χ1n) is 7.88. The fourth-order valence-corrected chi connectivity index (χ4v) is 2.96. The summed E-state index contributed by atoms with van der Waals surface area (Å²) in [4.78, 5) is 11.2. The van der Waals surface area contributed by atoms with Crippen LogP contribution in [0.5, 0.6) is 0 Å². The summed E-state index contributed by atoms with van der Waals surface area (Å²) in [6, 6.07) is 4.49.